The molecule has 0 radical (unpaired) electrons. The molecule has 0 aliphatic carbocycles. The van der Waals surface area contributed by atoms with Crippen molar-refractivity contribution < 1.29 is 9.47 Å². The van der Waals surface area contributed by atoms with E-state index in [2.05, 4.69) is 50.3 Å². The third-order valence-corrected chi connectivity index (χ3v) is 3.12. The van der Waals surface area contributed by atoms with Gasteiger partial charge < -0.3 is 19.7 Å². The van der Waals surface area contributed by atoms with E-state index in [0.29, 0.717) is 18.9 Å². The monoisotopic (exact) mass is 250 g/mol. The SMILES string of the molecule is CC(C)NCC(c1ccc2c(c1)OCO2)N(C)C. The van der Waals surface area contributed by atoms with Crippen molar-refractivity contribution in [3.63, 3.8) is 0 Å². The van der Waals surface area contributed by atoms with Crippen LogP contribution in [0, 0.1) is 0 Å². The first-order chi connectivity index (χ1) is 8.58. The van der Waals surface area contributed by atoms with Crippen LogP contribution in [0.3, 0.4) is 0 Å². The van der Waals surface area contributed by atoms with E-state index in [4.69, 9.17) is 9.47 Å². The van der Waals surface area contributed by atoms with Crippen molar-refractivity contribution in [2.75, 3.05) is 27.4 Å². The van der Waals surface area contributed by atoms with E-state index in [1.165, 1.54) is 5.56 Å². The summed E-state index contributed by atoms with van der Waals surface area (Å²) in [5.41, 5.74) is 1.25. The highest BCUT2D eigenvalue weighted by Crippen LogP contribution is 2.34. The Morgan fingerprint density at radius 1 is 1.22 bits per heavy atom. The Morgan fingerprint density at radius 2 is 1.94 bits per heavy atom. The summed E-state index contributed by atoms with van der Waals surface area (Å²) in [5.74, 6) is 1.69. The van der Waals surface area contributed by atoms with Crippen LogP contribution < -0.4 is 14.8 Å². The lowest BCUT2D eigenvalue weighted by Crippen LogP contribution is -2.34. The first kappa shape index (κ1) is 13.2. The fourth-order valence-corrected chi connectivity index (χ4v) is 2.07. The minimum Gasteiger partial charge on any atom is -0.454 e. The van der Waals surface area contributed by atoms with Crippen LogP contribution in [0.4, 0.5) is 0 Å². The Kier molecular flexibility index (Phi) is 4.09. The van der Waals surface area contributed by atoms with Crippen LogP contribution in [-0.2, 0) is 0 Å². The quantitative estimate of drug-likeness (QED) is 0.867. The summed E-state index contributed by atoms with van der Waals surface area (Å²) in [6, 6.07) is 7.00. The number of ether oxygens (including phenoxy) is 2. The van der Waals surface area contributed by atoms with Gasteiger partial charge in [-0.3, -0.25) is 0 Å². The Hall–Kier alpha value is -1.26. The van der Waals surface area contributed by atoms with Gasteiger partial charge in [-0.15, -0.1) is 0 Å². The maximum absolute atomic E-state index is 5.43. The number of fused-ring (bicyclic) bond motifs is 1. The number of hydrogen-bond acceptors (Lipinski definition) is 4. The van der Waals surface area contributed by atoms with E-state index in [9.17, 15) is 0 Å². The molecule has 1 N–H and O–H groups in total. The highest BCUT2D eigenvalue weighted by atomic mass is 16.7. The number of hydrogen-bond donors (Lipinski definition) is 1. The molecule has 0 amide bonds. The van der Waals surface area contributed by atoms with Crippen molar-refractivity contribution in [2.24, 2.45) is 0 Å². The zero-order valence-electron chi connectivity index (χ0n) is 11.6. The van der Waals surface area contributed by atoms with Crippen molar-refractivity contribution in [3.05, 3.63) is 23.8 Å². The molecular formula is C14H22N2O2. The van der Waals surface area contributed by atoms with Crippen LogP contribution in [0.1, 0.15) is 25.5 Å². The molecule has 100 valence electrons. The van der Waals surface area contributed by atoms with Crippen molar-refractivity contribution in [1.82, 2.24) is 10.2 Å². The van der Waals surface area contributed by atoms with Crippen LogP contribution >= 0.6 is 0 Å². The van der Waals surface area contributed by atoms with E-state index in [0.717, 1.165) is 18.0 Å². The van der Waals surface area contributed by atoms with Crippen LogP contribution in [-0.4, -0.2) is 38.4 Å². The van der Waals surface area contributed by atoms with E-state index < -0.39 is 0 Å². The van der Waals surface area contributed by atoms with Gasteiger partial charge in [-0.25, -0.2) is 0 Å². The average Bonchev–Trinajstić information content (AvgIpc) is 2.75. The van der Waals surface area contributed by atoms with Crippen LogP contribution in [0.5, 0.6) is 11.5 Å². The second kappa shape index (κ2) is 5.59. The number of likely N-dealkylation sites (N-methyl/N-ethyl adjacent to an activating group) is 1. The van der Waals surface area contributed by atoms with E-state index in [-0.39, 0.29) is 0 Å². The summed E-state index contributed by atoms with van der Waals surface area (Å²) >= 11 is 0. The molecular weight excluding hydrogens is 228 g/mol. The molecule has 2 rings (SSSR count). The minimum absolute atomic E-state index is 0.329. The molecule has 1 aliphatic rings. The van der Waals surface area contributed by atoms with Crippen LogP contribution in [0.25, 0.3) is 0 Å². The molecule has 0 spiro atoms. The van der Waals surface area contributed by atoms with Gasteiger partial charge in [0.1, 0.15) is 0 Å². The number of nitrogens with one attached hydrogen (secondary N) is 1. The molecule has 0 fully saturated rings. The van der Waals surface area contributed by atoms with Crippen molar-refractivity contribution >= 4 is 0 Å². The molecule has 0 aromatic heterocycles. The van der Waals surface area contributed by atoms with Crippen molar-refractivity contribution in [2.45, 2.75) is 25.9 Å². The van der Waals surface area contributed by atoms with Gasteiger partial charge in [-0.2, -0.15) is 0 Å². The molecule has 4 nitrogen and oxygen atoms in total. The topological polar surface area (TPSA) is 33.7 Å². The zero-order chi connectivity index (χ0) is 13.1. The van der Waals surface area contributed by atoms with Crippen LogP contribution in [0.15, 0.2) is 18.2 Å². The second-order valence-electron chi connectivity index (χ2n) is 5.16. The fraction of sp³-hybridized carbons (Fsp3) is 0.571. The maximum atomic E-state index is 5.43. The normalized spacial score (nSPS) is 15.4. The second-order valence-corrected chi connectivity index (χ2v) is 5.16. The van der Waals surface area contributed by atoms with Gasteiger partial charge >= 0.3 is 0 Å². The van der Waals surface area contributed by atoms with Crippen molar-refractivity contribution in [3.8, 4) is 11.5 Å². The largest absolute Gasteiger partial charge is 0.454 e. The Bertz CT molecular complexity index is 405. The molecule has 1 aromatic rings. The molecule has 0 saturated heterocycles. The highest BCUT2D eigenvalue weighted by molar-refractivity contribution is 5.45. The van der Waals surface area contributed by atoms with Gasteiger partial charge in [-0.1, -0.05) is 19.9 Å². The van der Waals surface area contributed by atoms with Gasteiger partial charge in [0.25, 0.3) is 0 Å². The maximum Gasteiger partial charge on any atom is 0.231 e. The average molecular weight is 250 g/mol. The van der Waals surface area contributed by atoms with Crippen molar-refractivity contribution in [1.29, 1.82) is 0 Å². The molecule has 1 aromatic carbocycles. The molecule has 18 heavy (non-hydrogen) atoms. The van der Waals surface area contributed by atoms with E-state index in [1.54, 1.807) is 0 Å². The molecule has 1 unspecified atom stereocenters. The highest BCUT2D eigenvalue weighted by Gasteiger charge is 2.19. The lowest BCUT2D eigenvalue weighted by atomic mass is 10.0. The first-order valence-corrected chi connectivity index (χ1v) is 6.37. The molecule has 1 atom stereocenters. The summed E-state index contributed by atoms with van der Waals surface area (Å²) in [6.45, 7) is 5.57. The van der Waals surface area contributed by atoms with Gasteiger partial charge in [0.2, 0.25) is 6.79 Å². The molecule has 1 heterocycles. The summed E-state index contributed by atoms with van der Waals surface area (Å²) in [4.78, 5) is 2.22. The Balaban J connectivity index is 2.15. The summed E-state index contributed by atoms with van der Waals surface area (Å²) < 4.78 is 10.8. The standard InChI is InChI=1S/C14H22N2O2/c1-10(2)15-8-12(16(3)4)11-5-6-13-14(7-11)18-9-17-13/h5-7,10,12,15H,8-9H2,1-4H3. The fourth-order valence-electron chi connectivity index (χ4n) is 2.07. The molecule has 0 saturated carbocycles. The number of rotatable bonds is 5. The third-order valence-electron chi connectivity index (χ3n) is 3.12. The smallest absolute Gasteiger partial charge is 0.231 e. The summed E-state index contributed by atoms with van der Waals surface area (Å²) in [6.07, 6.45) is 0. The van der Waals surface area contributed by atoms with E-state index >= 15 is 0 Å². The first-order valence-electron chi connectivity index (χ1n) is 6.37. The van der Waals surface area contributed by atoms with Gasteiger partial charge in [0, 0.05) is 18.6 Å². The molecule has 4 heteroatoms. The summed E-state index contributed by atoms with van der Waals surface area (Å²) in [7, 11) is 4.19. The lowest BCUT2D eigenvalue weighted by molar-refractivity contribution is 0.174. The van der Waals surface area contributed by atoms with E-state index in [1.807, 2.05) is 6.07 Å². The Labute approximate surface area is 109 Å². The molecule has 1 aliphatic heterocycles. The molecule has 0 bridgehead atoms. The van der Waals surface area contributed by atoms with Gasteiger partial charge in [0.15, 0.2) is 11.5 Å². The number of nitrogens with zero attached hydrogens (tertiary/aromatic N) is 1. The zero-order valence-corrected chi connectivity index (χ0v) is 11.6. The summed E-state index contributed by atoms with van der Waals surface area (Å²) in [5, 5.41) is 3.48. The third kappa shape index (κ3) is 2.94. The predicted octanol–water partition coefficient (Wildman–Crippen LogP) is 2.02. The predicted molar refractivity (Wildman–Crippen MR) is 72.1 cm³/mol. The lowest BCUT2D eigenvalue weighted by Gasteiger charge is -2.26. The van der Waals surface area contributed by atoms with Gasteiger partial charge in [-0.05, 0) is 31.8 Å². The Morgan fingerprint density at radius 3 is 2.61 bits per heavy atom. The van der Waals surface area contributed by atoms with Gasteiger partial charge in [0.05, 0.1) is 0 Å². The number of benzene rings is 1. The van der Waals surface area contributed by atoms with Crippen LogP contribution in [0.2, 0.25) is 0 Å². The minimum atomic E-state index is 0.329.